The number of hydrogen-bond donors (Lipinski definition) is 1. The predicted molar refractivity (Wildman–Crippen MR) is 74.9 cm³/mol. The van der Waals surface area contributed by atoms with Crippen molar-refractivity contribution in [2.24, 2.45) is 0 Å². The Morgan fingerprint density at radius 1 is 1.39 bits per heavy atom. The van der Waals surface area contributed by atoms with Crippen LogP contribution in [0.3, 0.4) is 0 Å². The zero-order chi connectivity index (χ0) is 13.5. The molecule has 0 unspecified atom stereocenters. The van der Waals surface area contributed by atoms with Crippen molar-refractivity contribution in [1.82, 2.24) is 5.32 Å². The molecule has 1 rings (SSSR count). The summed E-state index contributed by atoms with van der Waals surface area (Å²) in [6.45, 7) is 0. The third-order valence-electron chi connectivity index (χ3n) is 2.39. The van der Waals surface area contributed by atoms with Gasteiger partial charge in [0.25, 0.3) is 0 Å². The molecule has 0 saturated heterocycles. The lowest BCUT2D eigenvalue weighted by Crippen LogP contribution is -2.38. The van der Waals surface area contributed by atoms with Gasteiger partial charge in [0, 0.05) is 13.1 Å². The Kier molecular flexibility index (Phi) is 5.64. The van der Waals surface area contributed by atoms with E-state index in [1.54, 1.807) is 50.1 Å². The minimum atomic E-state index is -0.173. The molecule has 0 heterocycles. The molecule has 6 heteroatoms. The molecule has 1 aromatic rings. The highest BCUT2D eigenvalue weighted by Gasteiger charge is 2.18. The van der Waals surface area contributed by atoms with Gasteiger partial charge in [-0.3, -0.25) is 4.90 Å². The summed E-state index contributed by atoms with van der Waals surface area (Å²) in [7, 11) is 4.76. The van der Waals surface area contributed by atoms with Crippen molar-refractivity contribution in [2.75, 3.05) is 38.3 Å². The standard InChI is InChI=1S/C12H18N2O3S/c1-13-12(15)14(8-18-4)10-6-5-9(16-2)7-11(10)17-3/h5-7H,8H2,1-4H3,(H,13,15). The third kappa shape index (κ3) is 3.22. The van der Waals surface area contributed by atoms with Gasteiger partial charge in [-0.15, -0.1) is 11.8 Å². The maximum atomic E-state index is 11.8. The first-order chi connectivity index (χ1) is 8.67. The van der Waals surface area contributed by atoms with E-state index >= 15 is 0 Å². The Bertz CT molecular complexity index is 412. The fraction of sp³-hybridized carbons (Fsp3) is 0.417. The van der Waals surface area contributed by atoms with Crippen LogP contribution >= 0.6 is 11.8 Å². The van der Waals surface area contributed by atoms with Gasteiger partial charge >= 0.3 is 6.03 Å². The minimum absolute atomic E-state index is 0.173. The topological polar surface area (TPSA) is 50.8 Å². The molecule has 0 aliphatic rings. The number of amides is 2. The Balaban J connectivity index is 3.14. The molecular weight excluding hydrogens is 252 g/mol. The lowest BCUT2D eigenvalue weighted by atomic mass is 10.2. The van der Waals surface area contributed by atoms with Gasteiger partial charge in [0.15, 0.2) is 0 Å². The molecule has 0 saturated carbocycles. The van der Waals surface area contributed by atoms with Gasteiger partial charge in [-0.1, -0.05) is 0 Å². The summed E-state index contributed by atoms with van der Waals surface area (Å²) in [5.74, 6) is 1.84. The molecule has 0 fully saturated rings. The second-order valence-corrected chi connectivity index (χ2v) is 4.27. The van der Waals surface area contributed by atoms with Crippen LogP contribution in [0.2, 0.25) is 0 Å². The van der Waals surface area contributed by atoms with Gasteiger partial charge in [-0.05, 0) is 18.4 Å². The first-order valence-corrected chi connectivity index (χ1v) is 6.77. The van der Waals surface area contributed by atoms with Gasteiger partial charge < -0.3 is 14.8 Å². The van der Waals surface area contributed by atoms with E-state index in [0.29, 0.717) is 23.1 Å². The van der Waals surface area contributed by atoms with E-state index in [0.717, 1.165) is 0 Å². The predicted octanol–water partition coefficient (Wildman–Crippen LogP) is 2.17. The van der Waals surface area contributed by atoms with Crippen LogP contribution in [0.15, 0.2) is 18.2 Å². The monoisotopic (exact) mass is 270 g/mol. The molecule has 18 heavy (non-hydrogen) atoms. The SMILES string of the molecule is CNC(=O)N(CSC)c1ccc(OC)cc1OC. The first kappa shape index (κ1) is 14.5. The number of benzene rings is 1. The normalized spacial score (nSPS) is 9.78. The van der Waals surface area contributed by atoms with Gasteiger partial charge in [-0.25, -0.2) is 4.79 Å². The molecule has 1 aromatic carbocycles. The number of hydrogen-bond acceptors (Lipinski definition) is 4. The largest absolute Gasteiger partial charge is 0.497 e. The maximum absolute atomic E-state index is 11.8. The van der Waals surface area contributed by atoms with Crippen molar-refractivity contribution in [3.8, 4) is 11.5 Å². The summed E-state index contributed by atoms with van der Waals surface area (Å²) in [4.78, 5) is 13.5. The van der Waals surface area contributed by atoms with E-state index in [1.165, 1.54) is 0 Å². The van der Waals surface area contributed by atoms with Crippen molar-refractivity contribution in [2.45, 2.75) is 0 Å². The highest BCUT2D eigenvalue weighted by atomic mass is 32.2. The Morgan fingerprint density at radius 2 is 2.11 bits per heavy atom. The number of carbonyl (C=O) groups excluding carboxylic acids is 1. The average molecular weight is 270 g/mol. The molecule has 0 aliphatic carbocycles. The highest BCUT2D eigenvalue weighted by molar-refractivity contribution is 7.98. The van der Waals surface area contributed by atoms with E-state index < -0.39 is 0 Å². The summed E-state index contributed by atoms with van der Waals surface area (Å²) in [6.07, 6.45) is 1.94. The fourth-order valence-corrected chi connectivity index (χ4v) is 2.02. The van der Waals surface area contributed by atoms with Crippen molar-refractivity contribution in [1.29, 1.82) is 0 Å². The van der Waals surface area contributed by atoms with Gasteiger partial charge in [0.05, 0.1) is 25.8 Å². The number of carbonyl (C=O) groups is 1. The Hall–Kier alpha value is -1.56. The Morgan fingerprint density at radius 3 is 2.61 bits per heavy atom. The van der Waals surface area contributed by atoms with Gasteiger partial charge in [0.2, 0.25) is 0 Å². The van der Waals surface area contributed by atoms with Gasteiger partial charge in [0.1, 0.15) is 11.5 Å². The number of nitrogens with one attached hydrogen (secondary N) is 1. The van der Waals surface area contributed by atoms with Crippen LogP contribution < -0.4 is 19.7 Å². The molecule has 0 bridgehead atoms. The van der Waals surface area contributed by atoms with Crippen LogP contribution in [0, 0.1) is 0 Å². The molecule has 2 amide bonds. The van der Waals surface area contributed by atoms with E-state index in [-0.39, 0.29) is 6.03 Å². The van der Waals surface area contributed by atoms with Crippen LogP contribution in [-0.2, 0) is 0 Å². The third-order valence-corrected chi connectivity index (χ3v) is 2.91. The van der Waals surface area contributed by atoms with E-state index in [4.69, 9.17) is 9.47 Å². The van der Waals surface area contributed by atoms with Crippen LogP contribution in [0.25, 0.3) is 0 Å². The smallest absolute Gasteiger partial charge is 0.322 e. The highest BCUT2D eigenvalue weighted by Crippen LogP contribution is 2.32. The first-order valence-electron chi connectivity index (χ1n) is 5.38. The lowest BCUT2D eigenvalue weighted by molar-refractivity contribution is 0.249. The summed E-state index contributed by atoms with van der Waals surface area (Å²) in [5.41, 5.74) is 0.715. The van der Waals surface area contributed by atoms with Crippen LogP contribution in [0.5, 0.6) is 11.5 Å². The summed E-state index contributed by atoms with van der Waals surface area (Å²) < 4.78 is 10.4. The number of thioether (sulfide) groups is 1. The molecule has 5 nitrogen and oxygen atoms in total. The lowest BCUT2D eigenvalue weighted by Gasteiger charge is -2.23. The number of nitrogens with zero attached hydrogens (tertiary/aromatic N) is 1. The quantitative estimate of drug-likeness (QED) is 0.833. The fourth-order valence-electron chi connectivity index (χ4n) is 1.51. The number of methoxy groups -OCH3 is 2. The summed E-state index contributed by atoms with van der Waals surface area (Å²) in [6, 6.07) is 5.19. The van der Waals surface area contributed by atoms with Crippen molar-refractivity contribution >= 4 is 23.5 Å². The minimum Gasteiger partial charge on any atom is -0.497 e. The number of anilines is 1. The molecule has 0 spiro atoms. The van der Waals surface area contributed by atoms with E-state index in [2.05, 4.69) is 5.32 Å². The molecule has 0 atom stereocenters. The van der Waals surface area contributed by atoms with Gasteiger partial charge in [-0.2, -0.15) is 0 Å². The molecule has 1 N–H and O–H groups in total. The second-order valence-electron chi connectivity index (χ2n) is 3.44. The van der Waals surface area contributed by atoms with Crippen LogP contribution in [0.1, 0.15) is 0 Å². The van der Waals surface area contributed by atoms with Crippen LogP contribution in [0.4, 0.5) is 10.5 Å². The van der Waals surface area contributed by atoms with E-state index in [1.807, 2.05) is 12.3 Å². The molecule has 0 radical (unpaired) electrons. The number of urea groups is 1. The molecule has 0 aliphatic heterocycles. The van der Waals surface area contributed by atoms with Crippen molar-refractivity contribution < 1.29 is 14.3 Å². The zero-order valence-electron chi connectivity index (χ0n) is 11.0. The second kappa shape index (κ2) is 7.00. The Labute approximate surface area is 111 Å². The number of ether oxygens (including phenoxy) is 2. The van der Waals surface area contributed by atoms with Crippen molar-refractivity contribution in [3.05, 3.63) is 18.2 Å². The van der Waals surface area contributed by atoms with Crippen molar-refractivity contribution in [3.63, 3.8) is 0 Å². The molecular formula is C12H18N2O3S. The zero-order valence-corrected chi connectivity index (χ0v) is 11.8. The molecule has 0 aromatic heterocycles. The number of rotatable bonds is 5. The van der Waals surface area contributed by atoms with E-state index in [9.17, 15) is 4.79 Å². The van der Waals surface area contributed by atoms with Crippen LogP contribution in [-0.4, -0.2) is 39.4 Å². The summed E-state index contributed by atoms with van der Waals surface area (Å²) >= 11 is 1.56. The average Bonchev–Trinajstić information content (AvgIpc) is 2.43. The maximum Gasteiger partial charge on any atom is 0.322 e. The summed E-state index contributed by atoms with van der Waals surface area (Å²) in [5, 5.41) is 2.62. The molecule has 100 valence electrons.